The predicted molar refractivity (Wildman–Crippen MR) is 103 cm³/mol. The number of hydrogen-bond donors (Lipinski definition) is 5. The highest BCUT2D eigenvalue weighted by molar-refractivity contribution is 5.92. The van der Waals surface area contributed by atoms with Gasteiger partial charge in [0.1, 0.15) is 12.4 Å². The highest BCUT2D eigenvalue weighted by Crippen LogP contribution is 2.29. The third-order valence-electron chi connectivity index (χ3n) is 4.92. The molecule has 27 heavy (non-hydrogen) atoms. The summed E-state index contributed by atoms with van der Waals surface area (Å²) < 4.78 is 0. The molecule has 9 nitrogen and oxygen atoms in total. The Hall–Kier alpha value is -2.91. The van der Waals surface area contributed by atoms with E-state index in [0.29, 0.717) is 12.4 Å². The molecular weight excluding hydrogens is 346 g/mol. The van der Waals surface area contributed by atoms with Crippen LogP contribution in [0.15, 0.2) is 18.3 Å². The summed E-state index contributed by atoms with van der Waals surface area (Å²) in [5.74, 6) is 5.69. The van der Waals surface area contributed by atoms with Gasteiger partial charge >= 0.3 is 6.03 Å². The lowest BCUT2D eigenvalue weighted by Crippen LogP contribution is -2.36. The molecule has 1 fully saturated rings. The van der Waals surface area contributed by atoms with E-state index < -0.39 is 0 Å². The molecule has 4 rings (SSSR count). The van der Waals surface area contributed by atoms with Crippen LogP contribution < -0.4 is 21.8 Å². The number of urea groups is 1. The zero-order valence-corrected chi connectivity index (χ0v) is 14.9. The van der Waals surface area contributed by atoms with E-state index in [2.05, 4.69) is 31.1 Å². The zero-order valence-electron chi connectivity index (χ0n) is 14.9. The number of carbonyl (C=O) groups is 1. The molecule has 0 aromatic carbocycles. The van der Waals surface area contributed by atoms with Crippen LogP contribution in [0, 0.1) is 0 Å². The quantitative estimate of drug-likeness (QED) is 0.514. The third-order valence-corrected chi connectivity index (χ3v) is 4.92. The van der Waals surface area contributed by atoms with Crippen LogP contribution in [0.25, 0.3) is 11.6 Å². The summed E-state index contributed by atoms with van der Waals surface area (Å²) >= 11 is 0. The van der Waals surface area contributed by atoms with Gasteiger partial charge in [-0.2, -0.15) is 5.10 Å². The number of pyridine rings is 1. The van der Waals surface area contributed by atoms with E-state index in [4.69, 9.17) is 10.7 Å². The van der Waals surface area contributed by atoms with Crippen molar-refractivity contribution in [3.63, 3.8) is 0 Å². The molecule has 9 heteroatoms. The molecule has 0 bridgehead atoms. The zero-order chi connectivity index (χ0) is 18.6. The fourth-order valence-corrected chi connectivity index (χ4v) is 3.58. The number of nitrogens with one attached hydrogen (secondary N) is 4. The highest BCUT2D eigenvalue weighted by Gasteiger charge is 2.19. The van der Waals surface area contributed by atoms with Crippen molar-refractivity contribution < 1.29 is 9.63 Å². The normalized spacial score (nSPS) is 16.4. The van der Waals surface area contributed by atoms with Crippen molar-refractivity contribution in [2.75, 3.05) is 17.2 Å². The van der Waals surface area contributed by atoms with Crippen LogP contribution >= 0.6 is 0 Å². The summed E-state index contributed by atoms with van der Waals surface area (Å²) in [5.41, 5.74) is 4.36. The van der Waals surface area contributed by atoms with E-state index in [1.54, 1.807) is 6.07 Å². The molecule has 0 radical (unpaired) electrons. The molecule has 1 aliphatic heterocycles. The lowest BCUT2D eigenvalue weighted by atomic mass is 10.0. The molecule has 0 spiro atoms. The Kier molecular flexibility index (Phi) is 5.03. The molecule has 2 amide bonds. The predicted octanol–water partition coefficient (Wildman–Crippen LogP) is 2.23. The lowest BCUT2D eigenvalue weighted by molar-refractivity contribution is 0.121. The number of aromatic amines is 1. The van der Waals surface area contributed by atoms with Gasteiger partial charge in [0.25, 0.3) is 0 Å². The van der Waals surface area contributed by atoms with Crippen molar-refractivity contribution in [2.24, 2.45) is 5.90 Å². The summed E-state index contributed by atoms with van der Waals surface area (Å²) in [6.45, 7) is 0.861. The van der Waals surface area contributed by atoms with E-state index in [0.717, 1.165) is 41.1 Å². The van der Waals surface area contributed by atoms with Crippen LogP contribution in [0.2, 0.25) is 0 Å². The average Bonchev–Trinajstić information content (AvgIpc) is 3.33. The number of fused-ring (bicyclic) bond motifs is 1. The van der Waals surface area contributed by atoms with Gasteiger partial charge in [0.05, 0.1) is 17.1 Å². The minimum absolute atomic E-state index is 0.209. The second kappa shape index (κ2) is 7.77. The van der Waals surface area contributed by atoms with Crippen LogP contribution in [-0.4, -0.2) is 33.8 Å². The van der Waals surface area contributed by atoms with Gasteiger partial charge in [-0.15, -0.1) is 0 Å². The first-order valence-electron chi connectivity index (χ1n) is 9.10. The largest absolute Gasteiger partial charge is 0.379 e. The summed E-state index contributed by atoms with van der Waals surface area (Å²) in [7, 11) is 0. The molecule has 3 heterocycles. The van der Waals surface area contributed by atoms with Gasteiger partial charge in [-0.1, -0.05) is 12.8 Å². The number of nitrogens with zero attached hydrogens (tertiary/aromatic N) is 2. The minimum Gasteiger partial charge on any atom is -0.379 e. The summed E-state index contributed by atoms with van der Waals surface area (Å²) in [5, 5.41) is 16.2. The van der Waals surface area contributed by atoms with Gasteiger partial charge in [-0.05, 0) is 36.6 Å². The van der Waals surface area contributed by atoms with Crippen LogP contribution in [0.3, 0.4) is 0 Å². The number of anilines is 2. The number of aromatic nitrogens is 3. The Labute approximate surface area is 156 Å². The van der Waals surface area contributed by atoms with Crippen molar-refractivity contribution in [3.8, 4) is 0 Å². The van der Waals surface area contributed by atoms with Crippen molar-refractivity contribution >= 4 is 29.2 Å². The smallest absolute Gasteiger partial charge is 0.320 e. The SMILES string of the molecule is NOCc1n[nH]cc1C1=Cc2nc(NC(=O)NC3CCCC3)ccc2NC1. The first-order valence-corrected chi connectivity index (χ1v) is 9.10. The lowest BCUT2D eigenvalue weighted by Gasteiger charge is -2.19. The van der Waals surface area contributed by atoms with Gasteiger partial charge < -0.3 is 10.6 Å². The van der Waals surface area contributed by atoms with Gasteiger partial charge in [0, 0.05) is 24.3 Å². The Balaban J connectivity index is 1.50. The maximum absolute atomic E-state index is 12.2. The Morgan fingerprint density at radius 2 is 2.19 bits per heavy atom. The molecule has 0 saturated heterocycles. The summed E-state index contributed by atoms with van der Waals surface area (Å²) in [4.78, 5) is 21.4. The highest BCUT2D eigenvalue weighted by atomic mass is 16.6. The summed E-state index contributed by atoms with van der Waals surface area (Å²) in [6.07, 6.45) is 8.22. The first kappa shape index (κ1) is 17.5. The second-order valence-corrected chi connectivity index (χ2v) is 6.79. The molecule has 0 unspecified atom stereocenters. The molecule has 2 aromatic heterocycles. The number of rotatable bonds is 5. The second-order valence-electron chi connectivity index (χ2n) is 6.79. The van der Waals surface area contributed by atoms with Gasteiger partial charge in [0.15, 0.2) is 0 Å². The Morgan fingerprint density at radius 1 is 1.33 bits per heavy atom. The van der Waals surface area contributed by atoms with E-state index in [1.807, 2.05) is 18.3 Å². The molecule has 142 valence electrons. The average molecular weight is 369 g/mol. The fraction of sp³-hybridized carbons (Fsp3) is 0.389. The Morgan fingerprint density at radius 3 is 3.00 bits per heavy atom. The molecule has 1 saturated carbocycles. The van der Waals surface area contributed by atoms with Crippen LogP contribution in [0.4, 0.5) is 16.3 Å². The first-order chi connectivity index (χ1) is 13.2. The number of amides is 2. The van der Waals surface area contributed by atoms with Gasteiger partial charge in [-0.25, -0.2) is 15.7 Å². The molecule has 0 atom stereocenters. The minimum atomic E-state index is -0.209. The van der Waals surface area contributed by atoms with Crippen molar-refractivity contribution in [3.05, 3.63) is 35.3 Å². The maximum Gasteiger partial charge on any atom is 0.320 e. The number of carbonyl (C=O) groups excluding carboxylic acids is 1. The van der Waals surface area contributed by atoms with Crippen molar-refractivity contribution in [1.29, 1.82) is 0 Å². The van der Waals surface area contributed by atoms with Crippen LogP contribution in [-0.2, 0) is 11.4 Å². The van der Waals surface area contributed by atoms with E-state index >= 15 is 0 Å². The molecule has 2 aromatic rings. The monoisotopic (exact) mass is 369 g/mol. The molecule has 6 N–H and O–H groups in total. The number of hydrogen-bond acceptors (Lipinski definition) is 6. The number of nitrogens with two attached hydrogens (primary N) is 1. The topological polar surface area (TPSA) is 130 Å². The molecule has 1 aliphatic carbocycles. The van der Waals surface area contributed by atoms with E-state index in [-0.39, 0.29) is 18.7 Å². The molecule has 2 aliphatic rings. The van der Waals surface area contributed by atoms with E-state index in [1.165, 1.54) is 12.8 Å². The van der Waals surface area contributed by atoms with Gasteiger partial charge in [0.2, 0.25) is 0 Å². The maximum atomic E-state index is 12.2. The third kappa shape index (κ3) is 3.93. The van der Waals surface area contributed by atoms with Gasteiger partial charge in [-0.3, -0.25) is 15.3 Å². The molecular formula is C18H23N7O2. The van der Waals surface area contributed by atoms with E-state index in [9.17, 15) is 4.79 Å². The van der Waals surface area contributed by atoms with Crippen LogP contribution in [0.1, 0.15) is 42.6 Å². The fourth-order valence-electron chi connectivity index (χ4n) is 3.58. The van der Waals surface area contributed by atoms with Crippen molar-refractivity contribution in [2.45, 2.75) is 38.3 Å². The summed E-state index contributed by atoms with van der Waals surface area (Å²) in [6, 6.07) is 3.77. The Bertz CT molecular complexity index is 855. The standard InChI is InChI=1S/C18H23N7O2/c19-27-10-16-13(9-21-25-16)11-7-15-14(20-8-11)5-6-17(23-15)24-18(26)22-12-3-1-2-4-12/h5-7,9,12,20H,1-4,8,10,19H2,(H,21,25)(H2,22,23,24,26). The van der Waals surface area contributed by atoms with Crippen molar-refractivity contribution in [1.82, 2.24) is 20.5 Å². The van der Waals surface area contributed by atoms with Crippen LogP contribution in [0.5, 0.6) is 0 Å². The number of H-pyrrole nitrogens is 1.